The predicted octanol–water partition coefficient (Wildman–Crippen LogP) is 7.62. The minimum absolute atomic E-state index is 0.0376. The van der Waals surface area contributed by atoms with Crippen molar-refractivity contribution in [1.29, 1.82) is 0 Å². The molecule has 342 valence electrons. The van der Waals surface area contributed by atoms with Crippen molar-refractivity contribution in [3.05, 3.63) is 54.4 Å². The summed E-state index contributed by atoms with van der Waals surface area (Å²) in [5, 5.41) is 5.45. The Balaban J connectivity index is 1.27. The molecular weight excluding hydrogens is 823 g/mol. The van der Waals surface area contributed by atoms with Crippen LogP contribution in [0.4, 0.5) is 0 Å². The van der Waals surface area contributed by atoms with Crippen molar-refractivity contribution in [2.24, 2.45) is 29.1 Å². The number of rotatable bonds is 11. The first-order valence-corrected chi connectivity index (χ1v) is 24.1. The summed E-state index contributed by atoms with van der Waals surface area (Å²) in [6.07, 6.45) is 8.91. The van der Waals surface area contributed by atoms with Gasteiger partial charge in [-0.1, -0.05) is 46.3 Å². The standard InChI is InChI=1S/C48H65N5O9S/c1-10-31-21-30(4)13-11-12-14-32-26-48(32,45(57)51-63(58,59)47(8)18-19-47)27-40(54)39-23-34(28-52(39)44(56)36(31)24-43(55)62-46(5,6)7)61-41-25-42(53-20-17-37(50-53)29(2)3)49-38-22-33(60-9)15-16-35(38)41/h12,14-17,20,22,25,29-32,34,36,39H,10-11,13,18-19,21,23-24,26-28H2,1-9H3,(H,51,57)/b14-12-/t30-,31-,32-,34-,36+,39+,48-/m1/s1. The summed E-state index contributed by atoms with van der Waals surface area (Å²) >= 11 is 0. The van der Waals surface area contributed by atoms with Gasteiger partial charge in [-0.05, 0) is 108 Å². The molecule has 2 aromatic heterocycles. The van der Waals surface area contributed by atoms with Gasteiger partial charge >= 0.3 is 5.97 Å². The number of carbonyl (C=O) groups excluding carboxylic acids is 4. The highest BCUT2D eigenvalue weighted by molar-refractivity contribution is 7.91. The molecule has 63 heavy (non-hydrogen) atoms. The largest absolute Gasteiger partial charge is 0.497 e. The molecule has 2 saturated carbocycles. The zero-order chi connectivity index (χ0) is 45.6. The third kappa shape index (κ3) is 9.98. The molecule has 3 aromatic rings. The molecule has 7 rings (SSSR count). The summed E-state index contributed by atoms with van der Waals surface area (Å²) in [6.45, 7) is 15.3. The molecule has 2 amide bonds. The van der Waals surface area contributed by atoms with Gasteiger partial charge in [0, 0.05) is 36.6 Å². The first kappa shape index (κ1) is 46.2. The number of amides is 2. The molecule has 0 unspecified atom stereocenters. The molecule has 1 aromatic carbocycles. The van der Waals surface area contributed by atoms with Crippen molar-refractivity contribution in [2.45, 2.75) is 148 Å². The number of fused-ring (bicyclic) bond motifs is 3. The number of nitrogens with one attached hydrogen (secondary N) is 1. The highest BCUT2D eigenvalue weighted by atomic mass is 32.2. The third-order valence-corrected chi connectivity index (χ3v) is 15.8. The molecule has 14 nitrogen and oxygen atoms in total. The number of Topliss-reactive ketones (excluding diaryl/α,β-unsaturated/α-hetero) is 1. The lowest BCUT2D eigenvalue weighted by Crippen LogP contribution is -2.48. The number of aromatic nitrogens is 3. The first-order chi connectivity index (χ1) is 29.7. The van der Waals surface area contributed by atoms with Crippen molar-refractivity contribution >= 4 is 44.5 Å². The molecule has 0 spiro atoms. The highest BCUT2D eigenvalue weighted by Gasteiger charge is 2.63. The van der Waals surface area contributed by atoms with Gasteiger partial charge in [0.25, 0.3) is 0 Å². The van der Waals surface area contributed by atoms with E-state index in [9.17, 15) is 22.8 Å². The average Bonchev–Trinajstić information content (AvgIpc) is 3.99. The van der Waals surface area contributed by atoms with Crippen LogP contribution in [-0.4, -0.2) is 87.8 Å². The van der Waals surface area contributed by atoms with E-state index in [4.69, 9.17) is 24.3 Å². The summed E-state index contributed by atoms with van der Waals surface area (Å²) in [7, 11) is -2.40. The minimum atomic E-state index is -3.98. The van der Waals surface area contributed by atoms with Crippen LogP contribution in [0.25, 0.3) is 16.7 Å². The first-order valence-electron chi connectivity index (χ1n) is 22.7. The normalized spacial score (nSPS) is 28.1. The number of hydrogen-bond acceptors (Lipinski definition) is 11. The molecule has 2 aliphatic heterocycles. The van der Waals surface area contributed by atoms with E-state index >= 15 is 4.79 Å². The van der Waals surface area contributed by atoms with E-state index in [0.29, 0.717) is 66.7 Å². The summed E-state index contributed by atoms with van der Waals surface area (Å²) in [5.74, 6) is -1.21. The molecule has 1 N–H and O–H groups in total. The van der Waals surface area contributed by atoms with E-state index in [1.54, 1.807) is 50.5 Å². The second-order valence-electron chi connectivity index (χ2n) is 20.1. The van der Waals surface area contributed by atoms with E-state index < -0.39 is 55.7 Å². The molecule has 7 atom stereocenters. The van der Waals surface area contributed by atoms with Gasteiger partial charge in [-0.25, -0.2) is 18.1 Å². The Morgan fingerprint density at radius 2 is 1.83 bits per heavy atom. The van der Waals surface area contributed by atoms with Gasteiger partial charge in [0.05, 0.1) is 53.4 Å². The van der Waals surface area contributed by atoms with Gasteiger partial charge in [0.2, 0.25) is 21.8 Å². The number of ether oxygens (including phenoxy) is 3. The maximum absolute atomic E-state index is 15.3. The minimum Gasteiger partial charge on any atom is -0.497 e. The van der Waals surface area contributed by atoms with Crippen LogP contribution in [-0.2, 0) is 33.9 Å². The molecule has 15 heteroatoms. The number of nitrogens with zero attached hydrogens (tertiary/aromatic N) is 4. The van der Waals surface area contributed by atoms with Crippen molar-refractivity contribution in [3.63, 3.8) is 0 Å². The number of pyridine rings is 1. The van der Waals surface area contributed by atoms with E-state index in [1.165, 1.54) is 0 Å². The smallest absolute Gasteiger partial charge is 0.307 e. The molecule has 3 fully saturated rings. The van der Waals surface area contributed by atoms with Crippen LogP contribution >= 0.6 is 0 Å². The maximum atomic E-state index is 15.3. The molecule has 2 aliphatic carbocycles. The second-order valence-corrected chi connectivity index (χ2v) is 22.3. The van der Waals surface area contributed by atoms with E-state index in [2.05, 4.69) is 25.5 Å². The Morgan fingerprint density at radius 1 is 1.08 bits per heavy atom. The van der Waals surface area contributed by atoms with Crippen LogP contribution in [0.3, 0.4) is 0 Å². The number of ketones is 1. The maximum Gasteiger partial charge on any atom is 0.307 e. The van der Waals surface area contributed by atoms with Gasteiger partial charge in [-0.2, -0.15) is 5.10 Å². The SMILES string of the molecule is CC[C@@H]1C[C@H](C)CC/C=C\[C@@H]2C[C@@]2(C(=O)NS(=O)(=O)C2(C)CC2)CC(=O)[C@@H]2C[C@@H](Oc3cc(-n4ccc(C(C)C)n4)nc4cc(OC)ccc34)CN2C(=O)[C@H]1CC(=O)OC(C)(C)C. The Morgan fingerprint density at radius 3 is 2.48 bits per heavy atom. The van der Waals surface area contributed by atoms with Crippen LogP contribution in [0.5, 0.6) is 11.5 Å². The third-order valence-electron chi connectivity index (χ3n) is 13.6. The quantitative estimate of drug-likeness (QED) is 0.148. The molecular formula is C48H65N5O9S. The van der Waals surface area contributed by atoms with Crippen molar-refractivity contribution in [3.8, 4) is 17.3 Å². The number of sulfonamides is 1. The Bertz CT molecular complexity index is 2380. The zero-order valence-electron chi connectivity index (χ0n) is 38.3. The van der Waals surface area contributed by atoms with Crippen LogP contribution in [0, 0.1) is 29.1 Å². The lowest BCUT2D eigenvalue weighted by Gasteiger charge is -2.33. The van der Waals surface area contributed by atoms with Crippen molar-refractivity contribution in [1.82, 2.24) is 24.4 Å². The van der Waals surface area contributed by atoms with Crippen LogP contribution in [0.2, 0.25) is 0 Å². The van der Waals surface area contributed by atoms with Crippen LogP contribution in [0.1, 0.15) is 131 Å². The lowest BCUT2D eigenvalue weighted by atomic mass is 9.79. The Kier molecular flexibility index (Phi) is 12.9. The predicted molar refractivity (Wildman–Crippen MR) is 239 cm³/mol. The fraction of sp³-hybridized carbons (Fsp3) is 0.625. The average molecular weight is 888 g/mol. The second kappa shape index (κ2) is 17.6. The Labute approximate surface area is 371 Å². The van der Waals surface area contributed by atoms with Gasteiger partial charge in [0.1, 0.15) is 23.2 Å². The summed E-state index contributed by atoms with van der Waals surface area (Å²) in [5.41, 5.74) is -0.574. The Hall–Kier alpha value is -4.79. The highest BCUT2D eigenvalue weighted by Crippen LogP contribution is 2.58. The summed E-state index contributed by atoms with van der Waals surface area (Å²) in [6, 6.07) is 8.21. The molecule has 0 bridgehead atoms. The van der Waals surface area contributed by atoms with Gasteiger partial charge in [-0.3, -0.25) is 23.9 Å². The fourth-order valence-electron chi connectivity index (χ4n) is 9.36. The number of benzene rings is 1. The summed E-state index contributed by atoms with van der Waals surface area (Å²) < 4.78 is 48.0. The molecule has 4 heterocycles. The van der Waals surface area contributed by atoms with E-state index in [1.807, 2.05) is 49.5 Å². The number of allylic oxidation sites excluding steroid dienone is 2. The van der Waals surface area contributed by atoms with Crippen LogP contribution in [0.15, 0.2) is 48.7 Å². The number of hydrogen-bond donors (Lipinski definition) is 1. The molecule has 1 saturated heterocycles. The molecule has 4 aliphatic rings. The van der Waals surface area contributed by atoms with Crippen LogP contribution < -0.4 is 14.2 Å². The summed E-state index contributed by atoms with van der Waals surface area (Å²) in [4.78, 5) is 64.5. The topological polar surface area (TPSA) is 176 Å². The van der Waals surface area contributed by atoms with E-state index in [-0.39, 0.29) is 61.2 Å². The van der Waals surface area contributed by atoms with Crippen molar-refractivity contribution in [2.75, 3.05) is 13.7 Å². The van der Waals surface area contributed by atoms with Gasteiger partial charge in [-0.15, -0.1) is 0 Å². The van der Waals surface area contributed by atoms with Gasteiger partial charge in [0.15, 0.2) is 11.6 Å². The molecule has 0 radical (unpaired) electrons. The fourth-order valence-corrected chi connectivity index (χ4v) is 10.7. The number of carbonyl (C=O) groups is 4. The monoisotopic (exact) mass is 887 g/mol. The number of methoxy groups -OCH3 is 1. The number of esters is 1. The zero-order valence-corrected chi connectivity index (χ0v) is 39.1. The lowest BCUT2D eigenvalue weighted by molar-refractivity contribution is -0.160. The van der Waals surface area contributed by atoms with Gasteiger partial charge < -0.3 is 19.1 Å². The van der Waals surface area contributed by atoms with Crippen molar-refractivity contribution < 1.29 is 41.8 Å². The van der Waals surface area contributed by atoms with E-state index in [0.717, 1.165) is 12.1 Å².